The minimum Gasteiger partial charge on any atom is -0.480 e. The molecule has 0 saturated carbocycles. The van der Waals surface area contributed by atoms with Crippen LogP contribution in [0.25, 0.3) is 0 Å². The zero-order valence-corrected chi connectivity index (χ0v) is 13.0. The molecule has 2 N–H and O–H groups in total. The molecule has 2 amide bonds. The summed E-state index contributed by atoms with van der Waals surface area (Å²) >= 11 is 1.46. The van der Waals surface area contributed by atoms with E-state index in [0.717, 1.165) is 5.56 Å². The molecule has 2 rings (SSSR count). The van der Waals surface area contributed by atoms with Crippen molar-refractivity contribution in [2.75, 3.05) is 11.6 Å². The van der Waals surface area contributed by atoms with E-state index < -0.39 is 12.0 Å². The molecule has 1 heterocycles. The number of carbonyl (C=O) groups is 2. The van der Waals surface area contributed by atoms with Crippen molar-refractivity contribution in [2.24, 2.45) is 0 Å². The molecular weight excluding hydrogens is 288 g/mol. The highest BCUT2D eigenvalue weighted by Crippen LogP contribution is 2.21. The Labute approximate surface area is 128 Å². The van der Waals surface area contributed by atoms with E-state index in [0.29, 0.717) is 24.1 Å². The number of hydrogen-bond acceptors (Lipinski definition) is 3. The van der Waals surface area contributed by atoms with E-state index in [4.69, 9.17) is 5.11 Å². The van der Waals surface area contributed by atoms with Crippen LogP contribution in [0.2, 0.25) is 0 Å². The van der Waals surface area contributed by atoms with Gasteiger partial charge in [-0.3, -0.25) is 0 Å². The van der Waals surface area contributed by atoms with Gasteiger partial charge < -0.3 is 15.3 Å². The van der Waals surface area contributed by atoms with Crippen molar-refractivity contribution < 1.29 is 14.7 Å². The van der Waals surface area contributed by atoms with Crippen molar-refractivity contribution in [2.45, 2.75) is 32.4 Å². The molecule has 21 heavy (non-hydrogen) atoms. The summed E-state index contributed by atoms with van der Waals surface area (Å²) in [5.41, 5.74) is 2.26. The molecule has 0 bridgehead atoms. The number of nitrogens with one attached hydrogen (secondary N) is 1. The Hall–Kier alpha value is -1.69. The Balaban J connectivity index is 1.90. The quantitative estimate of drug-likeness (QED) is 0.896. The van der Waals surface area contributed by atoms with Crippen LogP contribution in [0.5, 0.6) is 0 Å². The van der Waals surface area contributed by atoms with Gasteiger partial charge in [0, 0.05) is 12.3 Å². The van der Waals surface area contributed by atoms with Crippen molar-refractivity contribution in [1.82, 2.24) is 10.2 Å². The molecule has 1 aromatic rings. The first-order chi connectivity index (χ1) is 9.99. The maximum atomic E-state index is 12.0. The molecule has 1 saturated heterocycles. The van der Waals surface area contributed by atoms with E-state index in [1.54, 1.807) is 0 Å². The SMILES string of the molecule is CC(C)c1ccc(CNC(=O)N2CSC[C@H]2C(=O)O)cc1. The molecule has 1 atom stereocenters. The van der Waals surface area contributed by atoms with E-state index in [1.807, 2.05) is 12.1 Å². The van der Waals surface area contributed by atoms with Gasteiger partial charge in [-0.15, -0.1) is 11.8 Å². The van der Waals surface area contributed by atoms with Gasteiger partial charge in [0.25, 0.3) is 0 Å². The van der Waals surface area contributed by atoms with Crippen LogP contribution in [0, 0.1) is 0 Å². The van der Waals surface area contributed by atoms with Crippen molar-refractivity contribution >= 4 is 23.8 Å². The fourth-order valence-corrected chi connectivity index (χ4v) is 3.29. The number of aliphatic carboxylic acids is 1. The molecule has 1 aromatic carbocycles. The van der Waals surface area contributed by atoms with E-state index in [9.17, 15) is 9.59 Å². The lowest BCUT2D eigenvalue weighted by molar-refractivity contribution is -0.140. The molecule has 0 unspecified atom stereocenters. The summed E-state index contributed by atoms with van der Waals surface area (Å²) in [6, 6.07) is 7.04. The first kappa shape index (κ1) is 15.7. The van der Waals surface area contributed by atoms with Crippen LogP contribution < -0.4 is 5.32 Å². The number of carboxylic acids is 1. The second kappa shape index (κ2) is 6.85. The van der Waals surface area contributed by atoms with Crippen LogP contribution in [-0.2, 0) is 11.3 Å². The molecule has 1 aliphatic heterocycles. The molecule has 0 aromatic heterocycles. The van der Waals surface area contributed by atoms with Crippen LogP contribution >= 0.6 is 11.8 Å². The zero-order valence-electron chi connectivity index (χ0n) is 12.2. The number of nitrogens with zero attached hydrogens (tertiary/aromatic N) is 1. The van der Waals surface area contributed by atoms with E-state index in [2.05, 4.69) is 31.3 Å². The largest absolute Gasteiger partial charge is 0.480 e. The van der Waals surface area contributed by atoms with Crippen LogP contribution in [0.1, 0.15) is 30.9 Å². The summed E-state index contributed by atoms with van der Waals surface area (Å²) < 4.78 is 0. The number of hydrogen-bond donors (Lipinski definition) is 2. The fraction of sp³-hybridized carbons (Fsp3) is 0.467. The molecule has 1 aliphatic rings. The van der Waals surface area contributed by atoms with E-state index >= 15 is 0 Å². The lowest BCUT2D eigenvalue weighted by Crippen LogP contribution is -2.46. The molecule has 0 spiro atoms. The van der Waals surface area contributed by atoms with Gasteiger partial charge in [0.2, 0.25) is 0 Å². The topological polar surface area (TPSA) is 69.6 Å². The standard InChI is InChI=1S/C15H20N2O3S/c1-10(2)12-5-3-11(4-6-12)7-16-15(20)17-9-21-8-13(17)14(18)19/h3-6,10,13H,7-9H2,1-2H3,(H,16,20)(H,18,19)/t13-/m0/s1. The van der Waals surface area contributed by atoms with E-state index in [-0.39, 0.29) is 6.03 Å². The smallest absolute Gasteiger partial charge is 0.327 e. The molecular formula is C15H20N2O3S. The second-order valence-electron chi connectivity index (χ2n) is 5.38. The van der Waals surface area contributed by atoms with Gasteiger partial charge in [-0.2, -0.15) is 0 Å². The highest BCUT2D eigenvalue weighted by Gasteiger charge is 2.34. The summed E-state index contributed by atoms with van der Waals surface area (Å²) in [7, 11) is 0. The van der Waals surface area contributed by atoms with Crippen LogP contribution in [0.4, 0.5) is 4.79 Å². The summed E-state index contributed by atoms with van der Waals surface area (Å²) in [6.45, 7) is 4.67. The third-order valence-corrected chi connectivity index (χ3v) is 4.53. The fourth-order valence-electron chi connectivity index (χ4n) is 2.15. The third-order valence-electron chi connectivity index (χ3n) is 3.52. The summed E-state index contributed by atoms with van der Waals surface area (Å²) in [5, 5.41) is 11.9. The maximum absolute atomic E-state index is 12.0. The zero-order chi connectivity index (χ0) is 15.4. The van der Waals surface area contributed by atoms with Gasteiger partial charge >= 0.3 is 12.0 Å². The Morgan fingerprint density at radius 1 is 1.38 bits per heavy atom. The van der Waals surface area contributed by atoms with Gasteiger partial charge in [0.15, 0.2) is 0 Å². The highest BCUT2D eigenvalue weighted by atomic mass is 32.2. The molecule has 5 nitrogen and oxygen atoms in total. The average molecular weight is 308 g/mol. The average Bonchev–Trinajstić information content (AvgIpc) is 2.95. The molecule has 1 fully saturated rings. The Morgan fingerprint density at radius 3 is 2.62 bits per heavy atom. The summed E-state index contributed by atoms with van der Waals surface area (Å²) in [5.74, 6) is 0.406. The first-order valence-corrected chi connectivity index (χ1v) is 8.08. The van der Waals surface area contributed by atoms with Gasteiger partial charge in [-0.1, -0.05) is 38.1 Å². The van der Waals surface area contributed by atoms with Crippen molar-refractivity contribution in [3.8, 4) is 0 Å². The van der Waals surface area contributed by atoms with Gasteiger partial charge in [0.1, 0.15) is 6.04 Å². The van der Waals surface area contributed by atoms with Crippen molar-refractivity contribution in [1.29, 1.82) is 0 Å². The lowest BCUT2D eigenvalue weighted by Gasteiger charge is -2.21. The monoisotopic (exact) mass is 308 g/mol. The van der Waals surface area contributed by atoms with Gasteiger partial charge in [-0.05, 0) is 17.0 Å². The van der Waals surface area contributed by atoms with Crippen LogP contribution in [0.15, 0.2) is 24.3 Å². The normalized spacial score (nSPS) is 18.0. The van der Waals surface area contributed by atoms with Crippen molar-refractivity contribution in [3.63, 3.8) is 0 Å². The minimum atomic E-state index is -0.948. The molecule has 0 aliphatic carbocycles. The number of carbonyl (C=O) groups excluding carboxylic acids is 1. The number of rotatable bonds is 4. The Bertz CT molecular complexity index is 516. The summed E-state index contributed by atoms with van der Waals surface area (Å²) in [6.07, 6.45) is 0. The van der Waals surface area contributed by atoms with E-state index in [1.165, 1.54) is 22.2 Å². The number of carboxylic acid groups (broad SMARTS) is 1. The van der Waals surface area contributed by atoms with Gasteiger partial charge in [-0.25, -0.2) is 9.59 Å². The first-order valence-electron chi connectivity index (χ1n) is 6.93. The Kier molecular flexibility index (Phi) is 5.12. The minimum absolute atomic E-state index is 0.319. The molecule has 114 valence electrons. The predicted octanol–water partition coefficient (Wildman–Crippen LogP) is 2.48. The number of urea groups is 1. The number of benzene rings is 1. The second-order valence-corrected chi connectivity index (χ2v) is 6.38. The lowest BCUT2D eigenvalue weighted by atomic mass is 10.0. The summed E-state index contributed by atoms with van der Waals surface area (Å²) in [4.78, 5) is 24.5. The molecule has 6 heteroatoms. The van der Waals surface area contributed by atoms with Gasteiger partial charge in [0.05, 0.1) is 5.88 Å². The van der Waals surface area contributed by atoms with Crippen LogP contribution in [0.3, 0.4) is 0 Å². The van der Waals surface area contributed by atoms with Crippen molar-refractivity contribution in [3.05, 3.63) is 35.4 Å². The third kappa shape index (κ3) is 3.91. The number of amides is 2. The molecule has 0 radical (unpaired) electrons. The van der Waals surface area contributed by atoms with Crippen LogP contribution in [-0.4, -0.2) is 39.7 Å². The Morgan fingerprint density at radius 2 is 2.05 bits per heavy atom. The maximum Gasteiger partial charge on any atom is 0.327 e. The number of thioether (sulfide) groups is 1. The highest BCUT2D eigenvalue weighted by molar-refractivity contribution is 7.99. The predicted molar refractivity (Wildman–Crippen MR) is 83.4 cm³/mol.